The highest BCUT2D eigenvalue weighted by Gasteiger charge is 2.16. The van der Waals surface area contributed by atoms with E-state index in [1.165, 1.54) is 7.11 Å². The molecule has 0 aromatic heterocycles. The van der Waals surface area contributed by atoms with Gasteiger partial charge in [-0.1, -0.05) is 0 Å². The molecule has 0 saturated carbocycles. The fraction of sp³-hybridized carbons (Fsp3) is 0.864. The lowest BCUT2D eigenvalue weighted by molar-refractivity contribution is -0.121. The second kappa shape index (κ2) is 25.0. The zero-order valence-corrected chi connectivity index (χ0v) is 23.9. The zero-order valence-electron chi connectivity index (χ0n) is 23.0. The molecule has 0 aliphatic rings. The molecule has 0 aliphatic heterocycles. The van der Waals surface area contributed by atoms with Crippen molar-refractivity contribution in [2.45, 2.75) is 25.4 Å². The third-order valence-electron chi connectivity index (χ3n) is 4.37. The fourth-order valence-corrected chi connectivity index (χ4v) is 2.95. The molecule has 0 aromatic rings. The number of hydrogen-bond donors (Lipinski definition) is 4. The maximum atomic E-state index is 11.9. The van der Waals surface area contributed by atoms with Gasteiger partial charge in [0.05, 0.1) is 39.6 Å². The van der Waals surface area contributed by atoms with Crippen LogP contribution in [0.5, 0.6) is 0 Å². The van der Waals surface area contributed by atoms with Crippen molar-refractivity contribution in [2.75, 3.05) is 100 Å². The Morgan fingerprint density at radius 1 is 0.769 bits per heavy atom. The molecular formula is C22H44N3O13P. The van der Waals surface area contributed by atoms with Gasteiger partial charge in [0.15, 0.2) is 0 Å². The van der Waals surface area contributed by atoms with Crippen LogP contribution >= 0.6 is 7.60 Å². The number of methoxy groups -OCH3 is 2. The van der Waals surface area contributed by atoms with Crippen LogP contribution < -0.4 is 16.0 Å². The van der Waals surface area contributed by atoms with Crippen molar-refractivity contribution < 1.29 is 61.5 Å². The molecule has 0 fully saturated rings. The summed E-state index contributed by atoms with van der Waals surface area (Å²) in [5.74, 6) is -0.230. The summed E-state index contributed by atoms with van der Waals surface area (Å²) >= 11 is 0. The van der Waals surface area contributed by atoms with E-state index in [4.69, 9.17) is 42.6 Å². The van der Waals surface area contributed by atoms with Crippen LogP contribution in [0.3, 0.4) is 0 Å². The molecule has 0 bridgehead atoms. The monoisotopic (exact) mass is 589 g/mol. The summed E-state index contributed by atoms with van der Waals surface area (Å²) in [5, 5.41) is 7.59. The third-order valence-corrected chi connectivity index (χ3v) is 5.04. The smallest absolute Gasteiger partial charge is 0.409 e. The number of alkyl carbamates (subject to hydrolysis) is 2. The lowest BCUT2D eigenvalue weighted by Crippen LogP contribution is -2.35. The lowest BCUT2D eigenvalue weighted by Gasteiger charge is -2.18. The summed E-state index contributed by atoms with van der Waals surface area (Å²) in [7, 11) is -0.443. The van der Waals surface area contributed by atoms with Crippen molar-refractivity contribution in [1.29, 1.82) is 0 Å². The number of nitrogens with one attached hydrogen (secondary N) is 3. The molecule has 3 amide bonds. The number of rotatable bonds is 25. The van der Waals surface area contributed by atoms with Gasteiger partial charge in [0, 0.05) is 47.0 Å². The molecule has 17 heteroatoms. The average Bonchev–Trinajstić information content (AvgIpc) is 2.88. The first-order valence-electron chi connectivity index (χ1n) is 12.5. The predicted octanol–water partition coefficient (Wildman–Crippen LogP) is 0.226. The quantitative estimate of drug-likeness (QED) is 0.0641. The minimum absolute atomic E-state index is 0.0522. The first kappa shape index (κ1) is 37.0. The Kier molecular flexibility index (Phi) is 23.7. The number of carbonyl (C=O) groups excluding carboxylic acids is 3. The maximum absolute atomic E-state index is 11.9. The topological polar surface area (TPSA) is 198 Å². The summed E-state index contributed by atoms with van der Waals surface area (Å²) in [6.07, 6.45) is -1.33. The normalized spacial score (nSPS) is 13.2. The summed E-state index contributed by atoms with van der Waals surface area (Å²) in [4.78, 5) is 44.7. The second-order valence-corrected chi connectivity index (χ2v) is 9.75. The number of ether oxygens (including phenoxy) is 7. The predicted molar refractivity (Wildman–Crippen MR) is 138 cm³/mol. The molecule has 230 valence electrons. The SMILES string of the molecule is COCCOCCNC(=O)OCC(COC(=O)NCOCCOC)OCCCC(=O)NCCCOP(C)(=O)O. The van der Waals surface area contributed by atoms with Crippen molar-refractivity contribution in [2.24, 2.45) is 0 Å². The molecule has 0 saturated heterocycles. The van der Waals surface area contributed by atoms with E-state index >= 15 is 0 Å². The van der Waals surface area contributed by atoms with Crippen LogP contribution in [-0.2, 0) is 47.0 Å². The molecule has 0 rings (SSSR count). The lowest BCUT2D eigenvalue weighted by atomic mass is 10.3. The molecule has 0 aromatic carbocycles. The highest BCUT2D eigenvalue weighted by atomic mass is 31.2. The van der Waals surface area contributed by atoms with E-state index in [1.807, 2.05) is 0 Å². The van der Waals surface area contributed by atoms with Gasteiger partial charge in [-0.25, -0.2) is 9.59 Å². The highest BCUT2D eigenvalue weighted by Crippen LogP contribution is 2.36. The van der Waals surface area contributed by atoms with Gasteiger partial charge in [-0.3, -0.25) is 14.7 Å². The van der Waals surface area contributed by atoms with Gasteiger partial charge in [0.25, 0.3) is 0 Å². The molecule has 4 N–H and O–H groups in total. The molecule has 39 heavy (non-hydrogen) atoms. The van der Waals surface area contributed by atoms with Crippen molar-refractivity contribution in [3.63, 3.8) is 0 Å². The molecule has 0 spiro atoms. The number of carbonyl (C=O) groups is 3. The molecule has 2 atom stereocenters. The Bertz CT molecular complexity index is 696. The van der Waals surface area contributed by atoms with Crippen LogP contribution in [0.2, 0.25) is 0 Å². The van der Waals surface area contributed by atoms with Crippen LogP contribution in [0, 0.1) is 0 Å². The van der Waals surface area contributed by atoms with E-state index in [9.17, 15) is 18.9 Å². The Hall–Kier alpha value is -2.04. The van der Waals surface area contributed by atoms with Crippen LogP contribution in [0.4, 0.5) is 9.59 Å². The minimum atomic E-state index is -3.53. The van der Waals surface area contributed by atoms with Crippen molar-refractivity contribution >= 4 is 25.7 Å². The molecule has 0 radical (unpaired) electrons. The van der Waals surface area contributed by atoms with Gasteiger partial charge in [-0.2, -0.15) is 0 Å². The van der Waals surface area contributed by atoms with E-state index in [0.29, 0.717) is 45.8 Å². The summed E-state index contributed by atoms with van der Waals surface area (Å²) in [6.45, 7) is 3.12. The van der Waals surface area contributed by atoms with Gasteiger partial charge in [0.1, 0.15) is 26.0 Å². The van der Waals surface area contributed by atoms with E-state index in [0.717, 1.165) is 6.66 Å². The van der Waals surface area contributed by atoms with E-state index in [1.54, 1.807) is 7.11 Å². The average molecular weight is 590 g/mol. The van der Waals surface area contributed by atoms with Gasteiger partial charge >= 0.3 is 19.8 Å². The van der Waals surface area contributed by atoms with E-state index in [-0.39, 0.29) is 58.6 Å². The third kappa shape index (κ3) is 27.3. The standard InChI is InChI=1S/C22H44N3O13P/c1-31-12-14-33-11-8-24-21(27)36-16-19(17-37-22(28)25-18-34-15-13-32-2)35-9-4-6-20(26)23-7-5-10-38-39(3,29)30/h19H,4-18H2,1-3H3,(H,23,26)(H,24,27)(H,25,28)(H,29,30). The Balaban J connectivity index is 4.33. The van der Waals surface area contributed by atoms with E-state index < -0.39 is 25.9 Å². The fourth-order valence-electron chi connectivity index (χ4n) is 2.48. The summed E-state index contributed by atoms with van der Waals surface area (Å²) in [6, 6.07) is 0. The molecule has 16 nitrogen and oxygen atoms in total. The number of hydrogen-bond acceptors (Lipinski definition) is 12. The minimum Gasteiger partial charge on any atom is -0.447 e. The Morgan fingerprint density at radius 2 is 1.41 bits per heavy atom. The maximum Gasteiger partial charge on any atom is 0.409 e. The summed E-state index contributed by atoms with van der Waals surface area (Å²) in [5.41, 5.74) is 0. The van der Waals surface area contributed by atoms with Crippen molar-refractivity contribution in [3.05, 3.63) is 0 Å². The molecular weight excluding hydrogens is 545 g/mol. The first-order chi connectivity index (χ1) is 18.7. The van der Waals surface area contributed by atoms with Crippen LogP contribution in [-0.4, -0.2) is 129 Å². The van der Waals surface area contributed by atoms with Gasteiger partial charge in [0.2, 0.25) is 5.91 Å². The largest absolute Gasteiger partial charge is 0.447 e. The van der Waals surface area contributed by atoms with Gasteiger partial charge < -0.3 is 53.2 Å². The van der Waals surface area contributed by atoms with Crippen molar-refractivity contribution in [1.82, 2.24) is 16.0 Å². The van der Waals surface area contributed by atoms with Crippen molar-refractivity contribution in [3.8, 4) is 0 Å². The second-order valence-electron chi connectivity index (χ2n) is 7.89. The highest BCUT2D eigenvalue weighted by molar-refractivity contribution is 7.51. The zero-order chi connectivity index (χ0) is 29.2. The van der Waals surface area contributed by atoms with Crippen LogP contribution in [0.15, 0.2) is 0 Å². The Morgan fingerprint density at radius 3 is 2.05 bits per heavy atom. The molecule has 0 heterocycles. The number of amides is 3. The Labute approximate surface area is 229 Å². The summed E-state index contributed by atoms with van der Waals surface area (Å²) < 4.78 is 51.7. The molecule has 2 unspecified atom stereocenters. The van der Waals surface area contributed by atoms with Crippen LogP contribution in [0.1, 0.15) is 19.3 Å². The molecule has 0 aliphatic carbocycles. The van der Waals surface area contributed by atoms with Crippen LogP contribution in [0.25, 0.3) is 0 Å². The van der Waals surface area contributed by atoms with Gasteiger partial charge in [-0.15, -0.1) is 0 Å². The van der Waals surface area contributed by atoms with Gasteiger partial charge in [-0.05, 0) is 12.8 Å². The van der Waals surface area contributed by atoms with E-state index in [2.05, 4.69) is 16.0 Å². The first-order valence-corrected chi connectivity index (χ1v) is 14.5.